The van der Waals surface area contributed by atoms with E-state index in [9.17, 15) is 14.4 Å². The van der Waals surface area contributed by atoms with Gasteiger partial charge in [0, 0.05) is 6.07 Å². The summed E-state index contributed by atoms with van der Waals surface area (Å²) in [5, 5.41) is 18.1. The van der Waals surface area contributed by atoms with E-state index in [0.29, 0.717) is 6.07 Å². The second-order valence-electron chi connectivity index (χ2n) is 2.70. The van der Waals surface area contributed by atoms with Gasteiger partial charge in [0.15, 0.2) is 15.8 Å². The van der Waals surface area contributed by atoms with Crippen LogP contribution >= 0.6 is 0 Å². The van der Waals surface area contributed by atoms with Crippen LogP contribution in [0.1, 0.15) is 10.4 Å². The zero-order valence-electron chi connectivity index (χ0n) is 8.12. The van der Waals surface area contributed by atoms with E-state index < -0.39 is 33.0 Å². The van der Waals surface area contributed by atoms with Gasteiger partial charge in [-0.05, 0) is 0 Å². The summed E-state index contributed by atoms with van der Waals surface area (Å²) in [6.07, 6.45) is 0. The standard InChI is InChI=1S/C7H3N7O3/c8-7(17)2-1-3(15)6(16)5(12-14-10)4(2)11-13-9/h1,10H,(H-,8,17)/p+1. The molecule has 0 aliphatic rings. The number of nitrogens with one attached hydrogen (secondary N) is 1. The third kappa shape index (κ3) is 2.12. The second kappa shape index (κ2) is 4.62. The predicted octanol–water partition coefficient (Wildman–Crippen LogP) is -2.10. The van der Waals surface area contributed by atoms with E-state index in [-0.39, 0.29) is 0 Å². The van der Waals surface area contributed by atoms with Gasteiger partial charge in [0.05, 0.1) is 5.56 Å². The molecule has 1 amide bonds. The van der Waals surface area contributed by atoms with Crippen LogP contribution in [-0.2, 0) is 0 Å². The number of benzene rings is 1. The van der Waals surface area contributed by atoms with Crippen molar-refractivity contribution in [2.24, 2.45) is 21.2 Å². The number of nitrogens with two attached hydrogens (primary N) is 1. The minimum absolute atomic E-state index is 0.449. The van der Waals surface area contributed by atoms with Crippen molar-refractivity contribution in [3.63, 3.8) is 0 Å². The van der Waals surface area contributed by atoms with Crippen molar-refractivity contribution in [1.29, 1.82) is 10.9 Å². The molecule has 0 bridgehead atoms. The molecule has 1 rings (SSSR count). The third-order valence-electron chi connectivity index (χ3n) is 1.75. The normalized spacial score (nSPS) is 12.2. The fourth-order valence-corrected chi connectivity index (χ4v) is 1.09. The molecular formula is C7H4N7O3+. The number of nitrogens with zero attached hydrogens (tertiary/aromatic N) is 5. The summed E-state index contributed by atoms with van der Waals surface area (Å²) >= 11 is 0. The lowest BCUT2D eigenvalue weighted by atomic mass is 10.2. The number of amides is 1. The Balaban J connectivity index is 4.16. The largest absolute Gasteiger partial charge is 0.366 e. The van der Waals surface area contributed by atoms with E-state index in [0.717, 1.165) is 0 Å². The molecule has 0 aromatic heterocycles. The topological polar surface area (TPSA) is 166 Å². The maximum Gasteiger partial charge on any atom is 0.339 e. The summed E-state index contributed by atoms with van der Waals surface area (Å²) in [7, 11) is 0. The Labute approximate surface area is 91.5 Å². The smallest absolute Gasteiger partial charge is 0.339 e. The Hall–Kier alpha value is -3.09. The van der Waals surface area contributed by atoms with Crippen molar-refractivity contribution in [3.05, 3.63) is 47.9 Å². The van der Waals surface area contributed by atoms with Crippen LogP contribution in [0.4, 0.5) is 0 Å². The Morgan fingerprint density at radius 1 is 1.41 bits per heavy atom. The molecule has 0 aliphatic heterocycles. The number of rotatable bonds is 2. The molecule has 3 N–H and O–H groups in total. The third-order valence-corrected chi connectivity index (χ3v) is 1.75. The van der Waals surface area contributed by atoms with Gasteiger partial charge < -0.3 is 5.73 Å². The number of hydrogen-bond acceptors (Lipinski definition) is 7. The highest BCUT2D eigenvalue weighted by Crippen LogP contribution is 1.80. The molecule has 0 fully saturated rings. The monoisotopic (exact) mass is 234 g/mol. The lowest BCUT2D eigenvalue weighted by Crippen LogP contribution is -2.50. The molecular weight excluding hydrogens is 230 g/mol. The summed E-state index contributed by atoms with van der Waals surface area (Å²) < 4.78 is 0. The molecule has 10 heteroatoms. The summed E-state index contributed by atoms with van der Waals surface area (Å²) in [5.74, 6) is -1.06. The summed E-state index contributed by atoms with van der Waals surface area (Å²) in [6, 6.07) is 0.650. The van der Waals surface area contributed by atoms with Crippen LogP contribution in [0.25, 0.3) is 5.08 Å². The van der Waals surface area contributed by atoms with Crippen molar-refractivity contribution in [1.82, 2.24) is 0 Å². The number of hydrogen-bond donors (Lipinski definition) is 2. The van der Waals surface area contributed by atoms with Crippen LogP contribution in [0.2, 0.25) is 0 Å². The predicted molar refractivity (Wildman–Crippen MR) is 51.2 cm³/mol. The average molecular weight is 234 g/mol. The molecule has 84 valence electrons. The van der Waals surface area contributed by atoms with Gasteiger partial charge in [-0.1, -0.05) is 5.22 Å². The van der Waals surface area contributed by atoms with Gasteiger partial charge in [0.1, 0.15) is 0 Å². The van der Waals surface area contributed by atoms with E-state index in [1.165, 1.54) is 0 Å². The Morgan fingerprint density at radius 2 is 2.06 bits per heavy atom. The maximum absolute atomic E-state index is 11.3. The summed E-state index contributed by atoms with van der Waals surface area (Å²) in [4.78, 5) is 33.5. The SMILES string of the molecule is N#[N+]N=c1c(C(N)=O)cc(=O)c(=O)c1=NN=N. The van der Waals surface area contributed by atoms with Crippen LogP contribution in [0.15, 0.2) is 31.1 Å². The first kappa shape index (κ1) is 12.0. The van der Waals surface area contributed by atoms with Crippen LogP contribution in [0, 0.1) is 10.9 Å². The molecule has 1 aromatic rings. The molecule has 1 aromatic carbocycles. The number of carbonyl (C=O) groups excluding carboxylic acids is 1. The van der Waals surface area contributed by atoms with Crippen molar-refractivity contribution in [3.8, 4) is 0 Å². The fourth-order valence-electron chi connectivity index (χ4n) is 1.09. The highest BCUT2D eigenvalue weighted by atomic mass is 16.2. The van der Waals surface area contributed by atoms with Crippen LogP contribution < -0.4 is 27.3 Å². The van der Waals surface area contributed by atoms with Crippen molar-refractivity contribution < 1.29 is 4.79 Å². The molecule has 0 saturated carbocycles. The first-order valence-electron chi connectivity index (χ1n) is 4.00. The first-order valence-corrected chi connectivity index (χ1v) is 4.00. The number of diazo groups is 1. The molecule has 10 nitrogen and oxygen atoms in total. The van der Waals surface area contributed by atoms with Gasteiger partial charge in [0.2, 0.25) is 5.43 Å². The van der Waals surface area contributed by atoms with Gasteiger partial charge >= 0.3 is 5.08 Å². The van der Waals surface area contributed by atoms with Gasteiger partial charge in [-0.2, -0.15) is 5.53 Å². The molecule has 0 spiro atoms. The number of primary amides is 1. The minimum atomic E-state index is -1.13. The van der Waals surface area contributed by atoms with Crippen molar-refractivity contribution in [2.75, 3.05) is 0 Å². The van der Waals surface area contributed by atoms with E-state index in [1.54, 1.807) is 0 Å². The number of carbonyl (C=O) groups is 1. The van der Waals surface area contributed by atoms with Crippen molar-refractivity contribution in [2.45, 2.75) is 0 Å². The van der Waals surface area contributed by atoms with E-state index in [1.807, 2.05) is 0 Å². The van der Waals surface area contributed by atoms with Gasteiger partial charge in [-0.3, -0.25) is 14.4 Å². The van der Waals surface area contributed by atoms with Crippen LogP contribution in [-0.4, -0.2) is 5.91 Å². The Morgan fingerprint density at radius 3 is 2.53 bits per heavy atom. The first-order chi connectivity index (χ1) is 8.02. The van der Waals surface area contributed by atoms with E-state index >= 15 is 0 Å². The quantitative estimate of drug-likeness (QED) is 0.259. The van der Waals surface area contributed by atoms with Gasteiger partial charge in [-0.15, -0.1) is 5.10 Å². The molecule has 0 unspecified atom stereocenters. The zero-order valence-corrected chi connectivity index (χ0v) is 8.12. The van der Waals surface area contributed by atoms with Crippen molar-refractivity contribution >= 4 is 5.91 Å². The van der Waals surface area contributed by atoms with E-state index in [4.69, 9.17) is 16.7 Å². The summed E-state index contributed by atoms with van der Waals surface area (Å²) in [6.45, 7) is 0. The van der Waals surface area contributed by atoms with E-state index in [2.05, 4.69) is 20.5 Å². The lowest BCUT2D eigenvalue weighted by Gasteiger charge is -1.90. The second-order valence-corrected chi connectivity index (χ2v) is 2.70. The van der Waals surface area contributed by atoms with Crippen LogP contribution in [0.5, 0.6) is 0 Å². The highest BCUT2D eigenvalue weighted by Gasteiger charge is 2.15. The average Bonchev–Trinajstić information content (AvgIpc) is 2.28. The molecule has 0 saturated heterocycles. The molecule has 0 atom stereocenters. The fraction of sp³-hybridized carbons (Fsp3) is 0. The molecule has 0 aliphatic carbocycles. The Kier molecular flexibility index (Phi) is 3.26. The lowest BCUT2D eigenvalue weighted by molar-refractivity contribution is 0.0998. The van der Waals surface area contributed by atoms with Gasteiger partial charge in [-0.25, -0.2) is 0 Å². The zero-order chi connectivity index (χ0) is 13.0. The minimum Gasteiger partial charge on any atom is -0.366 e. The van der Waals surface area contributed by atoms with Gasteiger partial charge in [0.25, 0.3) is 16.7 Å². The summed E-state index contributed by atoms with van der Waals surface area (Å²) in [5.41, 5.74) is 8.79. The molecule has 0 radical (unpaired) electrons. The Bertz CT molecular complexity index is 748. The van der Waals surface area contributed by atoms with Crippen LogP contribution in [0.3, 0.4) is 0 Å². The molecule has 0 heterocycles. The molecule has 17 heavy (non-hydrogen) atoms. The highest BCUT2D eigenvalue weighted by molar-refractivity contribution is 5.92. The maximum atomic E-state index is 11.3.